The number of hydrogen-bond acceptors (Lipinski definition) is 4. The number of benzene rings is 2. The van der Waals surface area contributed by atoms with E-state index in [1.807, 2.05) is 18.2 Å². The second-order valence-electron chi connectivity index (χ2n) is 7.78. The van der Waals surface area contributed by atoms with Gasteiger partial charge in [-0.3, -0.25) is 9.69 Å². The maximum absolute atomic E-state index is 12.1. The molecule has 2 aromatic carbocycles. The van der Waals surface area contributed by atoms with Crippen LogP contribution in [0, 0.1) is 0 Å². The minimum Gasteiger partial charge on any atom is -0.495 e. The van der Waals surface area contributed by atoms with Gasteiger partial charge in [-0.2, -0.15) is 0 Å². The summed E-state index contributed by atoms with van der Waals surface area (Å²) in [6, 6.07) is 16.3. The number of ether oxygens (including phenoxy) is 1. The number of methoxy groups -OCH3 is 1. The molecule has 2 aromatic rings. The Balaban J connectivity index is 1.25. The van der Waals surface area contributed by atoms with Crippen LogP contribution in [0.25, 0.3) is 0 Å². The Labute approximate surface area is 185 Å². The molecule has 1 aliphatic rings. The third kappa shape index (κ3) is 7.31. The Morgan fingerprint density at radius 1 is 1.03 bits per heavy atom. The van der Waals surface area contributed by atoms with Gasteiger partial charge in [-0.15, -0.1) is 0 Å². The molecule has 1 amide bonds. The van der Waals surface area contributed by atoms with Crippen molar-refractivity contribution in [2.45, 2.75) is 25.8 Å². The Kier molecular flexibility index (Phi) is 9.00. The fourth-order valence-electron chi connectivity index (χ4n) is 3.75. The number of piperazine rings is 1. The Morgan fingerprint density at radius 3 is 2.47 bits per heavy atom. The minimum atomic E-state index is 0.0922. The monoisotopic (exact) mass is 429 g/mol. The van der Waals surface area contributed by atoms with Crippen molar-refractivity contribution in [2.24, 2.45) is 0 Å². The largest absolute Gasteiger partial charge is 0.495 e. The average molecular weight is 430 g/mol. The molecule has 0 atom stereocenters. The summed E-state index contributed by atoms with van der Waals surface area (Å²) in [7, 11) is 1.60. The molecule has 0 saturated carbocycles. The molecule has 0 aromatic heterocycles. The topological polar surface area (TPSA) is 44.8 Å². The molecule has 0 radical (unpaired) electrons. The van der Waals surface area contributed by atoms with E-state index in [4.69, 9.17) is 16.3 Å². The van der Waals surface area contributed by atoms with E-state index in [0.717, 1.165) is 57.8 Å². The summed E-state index contributed by atoms with van der Waals surface area (Å²) < 4.78 is 5.16. The summed E-state index contributed by atoms with van der Waals surface area (Å²) >= 11 is 6.14. The molecule has 30 heavy (non-hydrogen) atoms. The lowest BCUT2D eigenvalue weighted by molar-refractivity contribution is -0.121. The molecule has 5 nitrogen and oxygen atoms in total. The molecule has 162 valence electrons. The van der Waals surface area contributed by atoms with Crippen LogP contribution in [-0.4, -0.2) is 62.1 Å². The van der Waals surface area contributed by atoms with E-state index in [1.54, 1.807) is 7.11 Å². The van der Waals surface area contributed by atoms with E-state index in [0.29, 0.717) is 23.6 Å². The van der Waals surface area contributed by atoms with Crippen LogP contribution in [0.2, 0.25) is 5.02 Å². The van der Waals surface area contributed by atoms with E-state index < -0.39 is 0 Å². The fraction of sp³-hybridized carbons (Fsp3) is 0.458. The van der Waals surface area contributed by atoms with Crippen molar-refractivity contribution < 1.29 is 9.53 Å². The number of amides is 1. The van der Waals surface area contributed by atoms with Gasteiger partial charge in [0.25, 0.3) is 0 Å². The van der Waals surface area contributed by atoms with Crippen LogP contribution < -0.4 is 10.1 Å². The van der Waals surface area contributed by atoms with Gasteiger partial charge in [0.05, 0.1) is 12.1 Å². The Bertz CT molecular complexity index is 792. The first-order valence-electron chi connectivity index (χ1n) is 10.7. The Hall–Kier alpha value is -2.08. The lowest BCUT2D eigenvalue weighted by atomic mass is 10.1. The average Bonchev–Trinajstić information content (AvgIpc) is 2.77. The molecule has 1 N–H and O–H groups in total. The Morgan fingerprint density at radius 2 is 1.77 bits per heavy atom. The number of rotatable bonds is 10. The zero-order valence-electron chi connectivity index (χ0n) is 17.8. The van der Waals surface area contributed by atoms with Crippen LogP contribution in [0.1, 0.15) is 24.0 Å². The standard InChI is InChI=1S/C24H32ClN3O2/c1-30-23-10-8-20(18-22(23)25)9-11-24(29)26-12-5-13-27-14-16-28(17-15-27)19-21-6-3-2-4-7-21/h2-4,6-8,10,18H,5,9,11-17,19H2,1H3,(H,26,29). The zero-order valence-corrected chi connectivity index (χ0v) is 18.5. The van der Waals surface area contributed by atoms with Gasteiger partial charge in [-0.05, 0) is 42.6 Å². The molecule has 0 unspecified atom stereocenters. The lowest BCUT2D eigenvalue weighted by Crippen LogP contribution is -2.46. The highest BCUT2D eigenvalue weighted by molar-refractivity contribution is 6.32. The lowest BCUT2D eigenvalue weighted by Gasteiger charge is -2.34. The van der Waals surface area contributed by atoms with Gasteiger partial charge >= 0.3 is 0 Å². The van der Waals surface area contributed by atoms with Gasteiger partial charge in [0, 0.05) is 45.7 Å². The number of halogens is 1. The van der Waals surface area contributed by atoms with Crippen molar-refractivity contribution in [2.75, 3.05) is 46.4 Å². The van der Waals surface area contributed by atoms with Gasteiger partial charge in [0.15, 0.2) is 0 Å². The SMILES string of the molecule is COc1ccc(CCC(=O)NCCCN2CCN(Cc3ccccc3)CC2)cc1Cl. The summed E-state index contributed by atoms with van der Waals surface area (Å²) in [6.07, 6.45) is 2.14. The molecular weight excluding hydrogens is 398 g/mol. The van der Waals surface area contributed by atoms with Gasteiger partial charge in [-0.25, -0.2) is 0 Å². The number of carbonyl (C=O) groups is 1. The molecule has 0 spiro atoms. The highest BCUT2D eigenvalue weighted by atomic mass is 35.5. The van der Waals surface area contributed by atoms with Crippen molar-refractivity contribution in [3.05, 3.63) is 64.7 Å². The van der Waals surface area contributed by atoms with Crippen LogP contribution in [0.15, 0.2) is 48.5 Å². The first-order valence-corrected chi connectivity index (χ1v) is 11.1. The van der Waals surface area contributed by atoms with Gasteiger partial charge in [-0.1, -0.05) is 48.0 Å². The van der Waals surface area contributed by atoms with Crippen molar-refractivity contribution in [3.63, 3.8) is 0 Å². The molecule has 1 aliphatic heterocycles. The van der Waals surface area contributed by atoms with Crippen LogP contribution in [-0.2, 0) is 17.8 Å². The van der Waals surface area contributed by atoms with E-state index in [9.17, 15) is 4.79 Å². The third-order valence-electron chi connectivity index (χ3n) is 5.54. The smallest absolute Gasteiger partial charge is 0.220 e. The second-order valence-corrected chi connectivity index (χ2v) is 8.18. The van der Waals surface area contributed by atoms with E-state index in [-0.39, 0.29) is 5.91 Å². The molecule has 1 heterocycles. The summed E-state index contributed by atoms with van der Waals surface area (Å²) in [6.45, 7) is 7.19. The van der Waals surface area contributed by atoms with Crippen LogP contribution >= 0.6 is 11.6 Å². The molecule has 1 fully saturated rings. The van der Waals surface area contributed by atoms with Crippen molar-refractivity contribution >= 4 is 17.5 Å². The summed E-state index contributed by atoms with van der Waals surface area (Å²) in [5.41, 5.74) is 2.43. The highest BCUT2D eigenvalue weighted by Crippen LogP contribution is 2.25. The highest BCUT2D eigenvalue weighted by Gasteiger charge is 2.16. The predicted octanol–water partition coefficient (Wildman–Crippen LogP) is 3.61. The summed E-state index contributed by atoms with van der Waals surface area (Å²) in [5, 5.41) is 3.62. The van der Waals surface area contributed by atoms with E-state index >= 15 is 0 Å². The molecular formula is C24H32ClN3O2. The second kappa shape index (κ2) is 11.9. The van der Waals surface area contributed by atoms with Crippen LogP contribution in [0.5, 0.6) is 5.75 Å². The molecule has 0 aliphatic carbocycles. The van der Waals surface area contributed by atoms with Crippen molar-refractivity contribution in [3.8, 4) is 5.75 Å². The number of nitrogens with zero attached hydrogens (tertiary/aromatic N) is 2. The zero-order chi connectivity index (χ0) is 21.2. The van der Waals surface area contributed by atoms with Gasteiger partial charge in [0.1, 0.15) is 5.75 Å². The molecule has 3 rings (SSSR count). The van der Waals surface area contributed by atoms with Gasteiger partial charge in [0.2, 0.25) is 5.91 Å². The number of aryl methyl sites for hydroxylation is 1. The van der Waals surface area contributed by atoms with E-state index in [2.05, 4.69) is 45.4 Å². The van der Waals surface area contributed by atoms with Gasteiger partial charge < -0.3 is 15.0 Å². The summed E-state index contributed by atoms with van der Waals surface area (Å²) in [5.74, 6) is 0.750. The maximum Gasteiger partial charge on any atom is 0.220 e. The van der Waals surface area contributed by atoms with Crippen LogP contribution in [0.4, 0.5) is 0 Å². The molecule has 6 heteroatoms. The quantitative estimate of drug-likeness (QED) is 0.586. The number of nitrogens with one attached hydrogen (secondary N) is 1. The van der Waals surface area contributed by atoms with Crippen molar-refractivity contribution in [1.82, 2.24) is 15.1 Å². The van der Waals surface area contributed by atoms with Crippen molar-refractivity contribution in [1.29, 1.82) is 0 Å². The number of hydrogen-bond donors (Lipinski definition) is 1. The van der Waals surface area contributed by atoms with Crippen LogP contribution in [0.3, 0.4) is 0 Å². The maximum atomic E-state index is 12.1. The fourth-order valence-corrected chi connectivity index (χ4v) is 4.04. The molecule has 1 saturated heterocycles. The predicted molar refractivity (Wildman–Crippen MR) is 122 cm³/mol. The van der Waals surface area contributed by atoms with E-state index in [1.165, 1.54) is 5.56 Å². The minimum absolute atomic E-state index is 0.0922. The number of carbonyl (C=O) groups excluding carboxylic acids is 1. The first-order chi connectivity index (χ1) is 14.6. The first kappa shape index (κ1) is 22.6. The third-order valence-corrected chi connectivity index (χ3v) is 5.84. The molecule has 0 bridgehead atoms. The summed E-state index contributed by atoms with van der Waals surface area (Å²) in [4.78, 5) is 17.1. The normalized spacial score (nSPS) is 15.1.